The van der Waals surface area contributed by atoms with E-state index < -0.39 is 17.2 Å². The highest BCUT2D eigenvalue weighted by Gasteiger charge is 2.23. The number of carbonyl (C=O) groups excluding carboxylic acids is 1. The SMILES string of the molecule is C=C(C)Cn1c(=O)c2c(nc3n(CC(=O)OCC)c(C)c(C)n23)n(C)c1=O. The number of imidazole rings is 2. The normalized spacial score (nSPS) is 11.4. The third kappa shape index (κ3) is 2.79. The van der Waals surface area contributed by atoms with Crippen LogP contribution in [-0.2, 0) is 29.7 Å². The number of nitrogens with zero attached hydrogens (tertiary/aromatic N) is 5. The average Bonchev–Trinajstić information content (AvgIpc) is 3.09. The van der Waals surface area contributed by atoms with Crippen molar-refractivity contribution in [2.45, 2.75) is 40.8 Å². The maximum Gasteiger partial charge on any atom is 0.332 e. The standard InChI is InChI=1S/C18H23N5O4/c1-7-27-13(24)9-21-11(4)12(5)23-14-15(19-17(21)23)20(6)18(26)22(16(14)25)8-10(2)3/h2,7-9H2,1,3-6H3. The Kier molecular flexibility index (Phi) is 4.54. The predicted molar refractivity (Wildman–Crippen MR) is 101 cm³/mol. The summed E-state index contributed by atoms with van der Waals surface area (Å²) in [6.45, 7) is 11.4. The van der Waals surface area contributed by atoms with Gasteiger partial charge in [-0.1, -0.05) is 12.2 Å². The largest absolute Gasteiger partial charge is 0.465 e. The van der Waals surface area contributed by atoms with E-state index in [1.165, 1.54) is 4.57 Å². The van der Waals surface area contributed by atoms with Gasteiger partial charge >= 0.3 is 11.7 Å². The van der Waals surface area contributed by atoms with Crippen LogP contribution in [0, 0.1) is 13.8 Å². The zero-order valence-corrected chi connectivity index (χ0v) is 16.2. The molecule has 3 aromatic rings. The molecule has 9 heteroatoms. The number of esters is 1. The molecule has 0 fully saturated rings. The molecule has 0 saturated carbocycles. The Bertz CT molecular complexity index is 1200. The summed E-state index contributed by atoms with van der Waals surface area (Å²) in [5, 5.41) is 0. The van der Waals surface area contributed by atoms with Crippen LogP contribution in [0.1, 0.15) is 25.2 Å². The fraction of sp³-hybridized carbons (Fsp3) is 0.444. The topological polar surface area (TPSA) is 92.5 Å². The van der Waals surface area contributed by atoms with Gasteiger partial charge in [-0.3, -0.25) is 23.1 Å². The van der Waals surface area contributed by atoms with Crippen molar-refractivity contribution in [3.8, 4) is 0 Å². The van der Waals surface area contributed by atoms with Gasteiger partial charge in [-0.2, -0.15) is 4.98 Å². The molecule has 0 aliphatic carbocycles. The molecule has 0 bridgehead atoms. The van der Waals surface area contributed by atoms with E-state index in [2.05, 4.69) is 11.6 Å². The molecule has 0 amide bonds. The summed E-state index contributed by atoms with van der Waals surface area (Å²) in [5.41, 5.74) is 1.96. The molecule has 27 heavy (non-hydrogen) atoms. The minimum atomic E-state index is -0.456. The van der Waals surface area contributed by atoms with Crippen LogP contribution in [0.2, 0.25) is 0 Å². The fourth-order valence-electron chi connectivity index (χ4n) is 3.25. The summed E-state index contributed by atoms with van der Waals surface area (Å²) in [5.74, 6) is 0.0342. The van der Waals surface area contributed by atoms with Crippen molar-refractivity contribution in [1.82, 2.24) is 23.1 Å². The van der Waals surface area contributed by atoms with Gasteiger partial charge in [0.15, 0.2) is 11.2 Å². The third-order valence-electron chi connectivity index (χ3n) is 4.65. The molecule has 144 valence electrons. The van der Waals surface area contributed by atoms with E-state index in [9.17, 15) is 14.4 Å². The van der Waals surface area contributed by atoms with Crippen molar-refractivity contribution in [1.29, 1.82) is 0 Å². The quantitative estimate of drug-likeness (QED) is 0.489. The Morgan fingerprint density at radius 1 is 1.15 bits per heavy atom. The van der Waals surface area contributed by atoms with Gasteiger partial charge in [-0.15, -0.1) is 0 Å². The minimum Gasteiger partial charge on any atom is -0.465 e. The van der Waals surface area contributed by atoms with E-state index in [0.717, 1.165) is 16.0 Å². The number of fused-ring (bicyclic) bond motifs is 3. The van der Waals surface area contributed by atoms with Gasteiger partial charge in [0, 0.05) is 18.4 Å². The second-order valence-corrected chi connectivity index (χ2v) is 6.67. The molecule has 9 nitrogen and oxygen atoms in total. The molecule has 0 aliphatic heterocycles. The molecule has 0 aromatic carbocycles. The van der Waals surface area contributed by atoms with Crippen molar-refractivity contribution in [2.75, 3.05) is 6.61 Å². The lowest BCUT2D eigenvalue weighted by Crippen LogP contribution is -2.39. The summed E-state index contributed by atoms with van der Waals surface area (Å²) in [4.78, 5) is 42.1. The first-order valence-electron chi connectivity index (χ1n) is 8.66. The summed E-state index contributed by atoms with van der Waals surface area (Å²) >= 11 is 0. The van der Waals surface area contributed by atoms with Crippen LogP contribution in [0.15, 0.2) is 21.7 Å². The van der Waals surface area contributed by atoms with Crippen LogP contribution in [-0.4, -0.2) is 35.7 Å². The molecule has 0 aliphatic rings. The van der Waals surface area contributed by atoms with Crippen molar-refractivity contribution in [3.63, 3.8) is 0 Å². The van der Waals surface area contributed by atoms with Crippen molar-refractivity contribution in [2.24, 2.45) is 7.05 Å². The third-order valence-corrected chi connectivity index (χ3v) is 4.65. The Balaban J connectivity index is 2.40. The number of allylic oxidation sites excluding steroid dienone is 1. The highest BCUT2D eigenvalue weighted by molar-refractivity contribution is 5.77. The Hall–Kier alpha value is -3.10. The van der Waals surface area contributed by atoms with Crippen molar-refractivity contribution in [3.05, 3.63) is 44.4 Å². The zero-order valence-electron chi connectivity index (χ0n) is 16.2. The van der Waals surface area contributed by atoms with Crippen molar-refractivity contribution < 1.29 is 9.53 Å². The average molecular weight is 373 g/mol. The first-order chi connectivity index (χ1) is 12.7. The van der Waals surface area contributed by atoms with Gasteiger partial charge in [0.05, 0.1) is 13.2 Å². The van der Waals surface area contributed by atoms with E-state index in [4.69, 9.17) is 4.74 Å². The maximum atomic E-state index is 13.1. The summed E-state index contributed by atoms with van der Waals surface area (Å²) in [6, 6.07) is 0. The fourth-order valence-corrected chi connectivity index (χ4v) is 3.25. The molecule has 3 heterocycles. The lowest BCUT2D eigenvalue weighted by molar-refractivity contribution is -0.143. The van der Waals surface area contributed by atoms with E-state index in [1.54, 1.807) is 29.9 Å². The Morgan fingerprint density at radius 3 is 2.41 bits per heavy atom. The molecule has 3 rings (SSSR count). The van der Waals surface area contributed by atoms with Gasteiger partial charge < -0.3 is 9.30 Å². The Morgan fingerprint density at radius 2 is 1.81 bits per heavy atom. The van der Waals surface area contributed by atoms with Gasteiger partial charge in [-0.25, -0.2) is 4.79 Å². The van der Waals surface area contributed by atoms with Gasteiger partial charge in [0.2, 0.25) is 5.78 Å². The number of aromatic nitrogens is 5. The first kappa shape index (κ1) is 18.7. The molecular formula is C18H23N5O4. The minimum absolute atomic E-state index is 0.0196. The molecule has 0 spiro atoms. The number of ether oxygens (including phenoxy) is 1. The molecule has 3 aromatic heterocycles. The van der Waals surface area contributed by atoms with E-state index in [0.29, 0.717) is 16.9 Å². The van der Waals surface area contributed by atoms with Crippen LogP contribution in [0.4, 0.5) is 0 Å². The molecular weight excluding hydrogens is 350 g/mol. The molecule has 0 saturated heterocycles. The second-order valence-electron chi connectivity index (χ2n) is 6.67. The number of aryl methyl sites for hydroxylation is 2. The maximum absolute atomic E-state index is 13.1. The van der Waals surface area contributed by atoms with Crippen molar-refractivity contribution >= 4 is 22.9 Å². The highest BCUT2D eigenvalue weighted by atomic mass is 16.5. The van der Waals surface area contributed by atoms with E-state index >= 15 is 0 Å². The van der Waals surface area contributed by atoms with Crippen LogP contribution in [0.25, 0.3) is 16.9 Å². The smallest absolute Gasteiger partial charge is 0.332 e. The van der Waals surface area contributed by atoms with Gasteiger partial charge in [0.25, 0.3) is 5.56 Å². The molecule has 0 N–H and O–H groups in total. The summed E-state index contributed by atoms with van der Waals surface area (Å²) in [6.07, 6.45) is 0. The lowest BCUT2D eigenvalue weighted by Gasteiger charge is -2.08. The predicted octanol–water partition coefficient (Wildman–Crippen LogP) is 0.905. The summed E-state index contributed by atoms with van der Waals surface area (Å²) in [7, 11) is 1.57. The molecule has 0 unspecified atom stereocenters. The number of hydrogen-bond acceptors (Lipinski definition) is 5. The van der Waals surface area contributed by atoms with Gasteiger partial charge in [0.1, 0.15) is 6.54 Å². The van der Waals surface area contributed by atoms with E-state index in [1.807, 2.05) is 13.8 Å². The first-order valence-corrected chi connectivity index (χ1v) is 8.66. The summed E-state index contributed by atoms with van der Waals surface area (Å²) < 4.78 is 10.9. The number of carbonyl (C=O) groups is 1. The van der Waals surface area contributed by atoms with Crippen LogP contribution >= 0.6 is 0 Å². The number of rotatable bonds is 5. The number of hydrogen-bond donors (Lipinski definition) is 0. The van der Waals surface area contributed by atoms with Crippen LogP contribution < -0.4 is 11.2 Å². The molecule has 0 radical (unpaired) electrons. The van der Waals surface area contributed by atoms with Gasteiger partial charge in [-0.05, 0) is 27.7 Å². The molecule has 0 atom stereocenters. The van der Waals surface area contributed by atoms with E-state index in [-0.39, 0.29) is 25.3 Å². The monoisotopic (exact) mass is 373 g/mol. The van der Waals surface area contributed by atoms with Crippen LogP contribution in [0.3, 0.4) is 0 Å². The lowest BCUT2D eigenvalue weighted by atomic mass is 10.3. The highest BCUT2D eigenvalue weighted by Crippen LogP contribution is 2.20. The van der Waals surface area contributed by atoms with Crippen LogP contribution in [0.5, 0.6) is 0 Å². The zero-order chi connectivity index (χ0) is 20.0. The Labute approximate surface area is 155 Å². The second kappa shape index (κ2) is 6.57.